The van der Waals surface area contributed by atoms with Crippen LogP contribution in [0, 0.1) is 11.7 Å². The Labute approximate surface area is 115 Å². The van der Waals surface area contributed by atoms with Gasteiger partial charge in [0.05, 0.1) is 6.10 Å². The van der Waals surface area contributed by atoms with E-state index >= 15 is 0 Å². The van der Waals surface area contributed by atoms with Gasteiger partial charge in [0.2, 0.25) is 0 Å². The second-order valence-electron chi connectivity index (χ2n) is 5.45. The molecular weight excluding hydrogens is 241 g/mol. The molecule has 106 valence electrons. The maximum absolute atomic E-state index is 13.6. The standard InChI is InChI=1S/C16H24FNO/c1-3-11(4-2)16(19)10-18-15-9-8-12-13(15)6-5-7-14(12)17/h5-7,11,15-16,18-19H,3-4,8-10H2,1-2H3. The monoisotopic (exact) mass is 265 g/mol. The van der Waals surface area contributed by atoms with Crippen molar-refractivity contribution in [3.05, 3.63) is 35.1 Å². The number of hydrogen-bond acceptors (Lipinski definition) is 2. The lowest BCUT2D eigenvalue weighted by molar-refractivity contribution is 0.0983. The summed E-state index contributed by atoms with van der Waals surface area (Å²) in [6, 6.07) is 5.48. The number of hydrogen-bond donors (Lipinski definition) is 2. The molecule has 0 fully saturated rings. The average molecular weight is 265 g/mol. The molecule has 1 aromatic rings. The Kier molecular flexibility index (Phi) is 4.94. The van der Waals surface area contributed by atoms with Gasteiger partial charge < -0.3 is 10.4 Å². The van der Waals surface area contributed by atoms with Crippen LogP contribution in [-0.2, 0) is 6.42 Å². The van der Waals surface area contributed by atoms with Crippen LogP contribution < -0.4 is 5.32 Å². The summed E-state index contributed by atoms with van der Waals surface area (Å²) in [4.78, 5) is 0. The lowest BCUT2D eigenvalue weighted by Gasteiger charge is -2.23. The average Bonchev–Trinajstić information content (AvgIpc) is 2.82. The molecule has 0 radical (unpaired) electrons. The minimum absolute atomic E-state index is 0.0951. The molecule has 0 heterocycles. The molecule has 2 atom stereocenters. The van der Waals surface area contributed by atoms with Crippen LogP contribution in [0.25, 0.3) is 0 Å². The smallest absolute Gasteiger partial charge is 0.126 e. The van der Waals surface area contributed by atoms with Crippen LogP contribution in [0.1, 0.15) is 50.3 Å². The van der Waals surface area contributed by atoms with Crippen molar-refractivity contribution < 1.29 is 9.50 Å². The van der Waals surface area contributed by atoms with Crippen LogP contribution in [0.3, 0.4) is 0 Å². The molecule has 2 nitrogen and oxygen atoms in total. The highest BCUT2D eigenvalue weighted by molar-refractivity contribution is 5.35. The zero-order valence-electron chi connectivity index (χ0n) is 11.8. The summed E-state index contributed by atoms with van der Waals surface area (Å²) in [5.74, 6) is 0.253. The van der Waals surface area contributed by atoms with Crippen LogP contribution in [0.15, 0.2) is 18.2 Å². The third-order valence-corrected chi connectivity index (χ3v) is 4.38. The molecule has 0 aromatic heterocycles. The topological polar surface area (TPSA) is 32.3 Å². The van der Waals surface area contributed by atoms with Crippen molar-refractivity contribution in [1.82, 2.24) is 5.32 Å². The second-order valence-corrected chi connectivity index (χ2v) is 5.45. The summed E-state index contributed by atoms with van der Waals surface area (Å²) in [7, 11) is 0. The van der Waals surface area contributed by atoms with Gasteiger partial charge in [0.1, 0.15) is 5.82 Å². The Morgan fingerprint density at radius 1 is 1.37 bits per heavy atom. The van der Waals surface area contributed by atoms with Gasteiger partial charge in [0, 0.05) is 12.6 Å². The van der Waals surface area contributed by atoms with Gasteiger partial charge in [0.15, 0.2) is 0 Å². The first-order chi connectivity index (χ1) is 9.17. The van der Waals surface area contributed by atoms with Crippen molar-refractivity contribution in [2.45, 2.75) is 51.7 Å². The molecule has 2 unspecified atom stereocenters. The van der Waals surface area contributed by atoms with Gasteiger partial charge in [-0.3, -0.25) is 0 Å². The zero-order valence-corrected chi connectivity index (χ0v) is 11.8. The molecule has 2 rings (SSSR count). The van der Waals surface area contributed by atoms with Gasteiger partial charge in [-0.25, -0.2) is 4.39 Å². The highest BCUT2D eigenvalue weighted by atomic mass is 19.1. The molecule has 2 N–H and O–H groups in total. The first kappa shape index (κ1) is 14.5. The third-order valence-electron chi connectivity index (χ3n) is 4.38. The summed E-state index contributed by atoms with van der Waals surface area (Å²) < 4.78 is 13.6. The fourth-order valence-electron chi connectivity index (χ4n) is 3.08. The molecule has 19 heavy (non-hydrogen) atoms. The second kappa shape index (κ2) is 6.49. The third kappa shape index (κ3) is 3.15. The number of benzene rings is 1. The minimum Gasteiger partial charge on any atom is -0.392 e. The molecule has 0 amide bonds. The molecule has 1 aliphatic rings. The van der Waals surface area contributed by atoms with E-state index in [9.17, 15) is 9.50 Å². The molecule has 1 aromatic carbocycles. The lowest BCUT2D eigenvalue weighted by atomic mass is 9.96. The first-order valence-corrected chi connectivity index (χ1v) is 7.36. The quantitative estimate of drug-likeness (QED) is 0.828. The first-order valence-electron chi connectivity index (χ1n) is 7.36. The van der Waals surface area contributed by atoms with Gasteiger partial charge >= 0.3 is 0 Å². The predicted octanol–water partition coefficient (Wildman–Crippen LogP) is 3.20. The molecule has 0 spiro atoms. The molecule has 0 saturated carbocycles. The fourth-order valence-corrected chi connectivity index (χ4v) is 3.08. The number of nitrogens with one attached hydrogen (secondary N) is 1. The van der Waals surface area contributed by atoms with Crippen molar-refractivity contribution in [2.75, 3.05) is 6.54 Å². The summed E-state index contributed by atoms with van der Waals surface area (Å²) >= 11 is 0. The van der Waals surface area contributed by atoms with Crippen molar-refractivity contribution in [1.29, 1.82) is 0 Å². The molecule has 0 aliphatic heterocycles. The van der Waals surface area contributed by atoms with Gasteiger partial charge in [-0.15, -0.1) is 0 Å². The van der Waals surface area contributed by atoms with Crippen LogP contribution in [0.2, 0.25) is 0 Å². The van der Waals surface area contributed by atoms with E-state index in [1.807, 2.05) is 6.07 Å². The number of fused-ring (bicyclic) bond motifs is 1. The van der Waals surface area contributed by atoms with Gasteiger partial charge in [0.25, 0.3) is 0 Å². The Morgan fingerprint density at radius 2 is 2.11 bits per heavy atom. The van der Waals surface area contributed by atoms with Crippen molar-refractivity contribution >= 4 is 0 Å². The van der Waals surface area contributed by atoms with E-state index in [1.54, 1.807) is 6.07 Å². The molecule has 1 aliphatic carbocycles. The molecular formula is C16H24FNO. The van der Waals surface area contributed by atoms with Crippen LogP contribution in [0.5, 0.6) is 0 Å². The van der Waals surface area contributed by atoms with Crippen LogP contribution in [0.4, 0.5) is 4.39 Å². The van der Waals surface area contributed by atoms with E-state index in [0.29, 0.717) is 12.5 Å². The normalized spacial score (nSPS) is 19.7. The van der Waals surface area contributed by atoms with Crippen molar-refractivity contribution in [3.63, 3.8) is 0 Å². The van der Waals surface area contributed by atoms with E-state index < -0.39 is 0 Å². The van der Waals surface area contributed by atoms with E-state index in [-0.39, 0.29) is 18.0 Å². The van der Waals surface area contributed by atoms with E-state index in [2.05, 4.69) is 19.2 Å². The highest BCUT2D eigenvalue weighted by Gasteiger charge is 2.25. The largest absolute Gasteiger partial charge is 0.392 e. The summed E-state index contributed by atoms with van der Waals surface area (Å²) in [5.41, 5.74) is 1.91. The van der Waals surface area contributed by atoms with Gasteiger partial charge in [-0.1, -0.05) is 38.8 Å². The Bertz CT molecular complexity index is 417. The number of aliphatic hydroxyl groups excluding tert-OH is 1. The number of rotatable bonds is 6. The molecule has 0 saturated heterocycles. The summed E-state index contributed by atoms with van der Waals surface area (Å²) in [5, 5.41) is 13.5. The van der Waals surface area contributed by atoms with Gasteiger partial charge in [-0.05, 0) is 36.0 Å². The van der Waals surface area contributed by atoms with E-state index in [1.165, 1.54) is 6.07 Å². The van der Waals surface area contributed by atoms with Crippen molar-refractivity contribution in [2.24, 2.45) is 5.92 Å². The Balaban J connectivity index is 1.95. The van der Waals surface area contributed by atoms with E-state index in [0.717, 1.165) is 36.8 Å². The number of aliphatic hydroxyl groups is 1. The lowest BCUT2D eigenvalue weighted by Crippen LogP contribution is -2.34. The maximum Gasteiger partial charge on any atom is 0.126 e. The van der Waals surface area contributed by atoms with Crippen LogP contribution in [-0.4, -0.2) is 17.8 Å². The fraction of sp³-hybridized carbons (Fsp3) is 0.625. The predicted molar refractivity (Wildman–Crippen MR) is 75.5 cm³/mol. The SMILES string of the molecule is CCC(CC)C(O)CNC1CCc2c(F)cccc21. The summed E-state index contributed by atoms with van der Waals surface area (Å²) in [6.07, 6.45) is 3.39. The molecule has 0 bridgehead atoms. The molecule has 3 heteroatoms. The van der Waals surface area contributed by atoms with Crippen molar-refractivity contribution in [3.8, 4) is 0 Å². The zero-order chi connectivity index (χ0) is 13.8. The highest BCUT2D eigenvalue weighted by Crippen LogP contribution is 2.32. The summed E-state index contributed by atoms with van der Waals surface area (Å²) in [6.45, 7) is 4.81. The number of halogens is 1. The van der Waals surface area contributed by atoms with Gasteiger partial charge in [-0.2, -0.15) is 0 Å². The minimum atomic E-state index is -0.312. The van der Waals surface area contributed by atoms with Crippen LogP contribution >= 0.6 is 0 Å². The Hall–Kier alpha value is -0.930. The van der Waals surface area contributed by atoms with E-state index in [4.69, 9.17) is 0 Å². The maximum atomic E-state index is 13.6. The Morgan fingerprint density at radius 3 is 2.79 bits per heavy atom.